The highest BCUT2D eigenvalue weighted by Crippen LogP contribution is 2.22. The number of nitrogens with zero attached hydrogens (tertiary/aromatic N) is 4. The van der Waals surface area contributed by atoms with Gasteiger partial charge in [-0.3, -0.25) is 0 Å². The third-order valence-electron chi connectivity index (χ3n) is 4.97. The summed E-state index contributed by atoms with van der Waals surface area (Å²) in [6.07, 6.45) is 1.75. The number of aromatic nitrogens is 2. The van der Waals surface area contributed by atoms with Crippen molar-refractivity contribution in [2.24, 2.45) is 0 Å². The molecule has 2 aromatic carbocycles. The topological polar surface area (TPSA) is 56.3 Å². The van der Waals surface area contributed by atoms with Gasteiger partial charge in [-0.05, 0) is 56.4 Å². The number of aryl methyl sites for hydroxylation is 1. The van der Waals surface area contributed by atoms with Gasteiger partial charge in [0.2, 0.25) is 5.95 Å². The van der Waals surface area contributed by atoms with Gasteiger partial charge in [0.05, 0.1) is 0 Å². The normalized spacial score (nSPS) is 14.7. The van der Waals surface area contributed by atoms with E-state index in [4.69, 9.17) is 0 Å². The van der Waals surface area contributed by atoms with Crippen molar-refractivity contribution < 1.29 is 0 Å². The van der Waals surface area contributed by atoms with Crippen LogP contribution in [0.3, 0.4) is 0 Å². The molecule has 2 N–H and O–H groups in total. The fourth-order valence-corrected chi connectivity index (χ4v) is 3.22. The van der Waals surface area contributed by atoms with Gasteiger partial charge in [-0.15, -0.1) is 0 Å². The fourth-order valence-electron chi connectivity index (χ4n) is 3.22. The summed E-state index contributed by atoms with van der Waals surface area (Å²) in [6, 6.07) is 18.6. The molecule has 1 aromatic heterocycles. The second-order valence-electron chi connectivity index (χ2n) is 7.22. The molecule has 1 aliphatic rings. The molecule has 0 spiro atoms. The molecule has 6 nitrogen and oxygen atoms in total. The lowest BCUT2D eigenvalue weighted by atomic mass is 10.2. The van der Waals surface area contributed by atoms with Gasteiger partial charge in [-0.25, -0.2) is 4.98 Å². The molecule has 0 amide bonds. The summed E-state index contributed by atoms with van der Waals surface area (Å²) in [5, 5.41) is 6.60. The highest BCUT2D eigenvalue weighted by Gasteiger charge is 2.14. The number of nitrogens with one attached hydrogen (secondary N) is 2. The average Bonchev–Trinajstić information content (AvgIpc) is 2.71. The number of benzene rings is 2. The molecule has 1 aliphatic heterocycles. The Hall–Kier alpha value is -3.12. The first-order valence-corrected chi connectivity index (χ1v) is 9.63. The van der Waals surface area contributed by atoms with E-state index in [2.05, 4.69) is 80.8 Å². The second-order valence-corrected chi connectivity index (χ2v) is 7.22. The standard InChI is InChI=1S/C22H26N6/c1-17-3-5-19(6-4-17)25-22-23-12-11-21(26-22)24-18-7-9-20(10-8-18)28-15-13-27(2)14-16-28/h3-12H,13-16H2,1-2H3,(H2,23,24,25,26). The summed E-state index contributed by atoms with van der Waals surface area (Å²) >= 11 is 0. The molecular weight excluding hydrogens is 348 g/mol. The van der Waals surface area contributed by atoms with Crippen molar-refractivity contribution in [1.82, 2.24) is 14.9 Å². The molecule has 0 saturated carbocycles. The highest BCUT2D eigenvalue weighted by molar-refractivity contribution is 5.62. The fraction of sp³-hybridized carbons (Fsp3) is 0.273. The summed E-state index contributed by atoms with van der Waals surface area (Å²) in [5.41, 5.74) is 4.47. The van der Waals surface area contributed by atoms with E-state index in [0.717, 1.165) is 43.4 Å². The quantitative estimate of drug-likeness (QED) is 0.703. The Kier molecular flexibility index (Phi) is 5.39. The molecule has 2 heterocycles. The largest absolute Gasteiger partial charge is 0.369 e. The molecule has 0 unspecified atom stereocenters. The van der Waals surface area contributed by atoms with Gasteiger partial charge in [0, 0.05) is 49.4 Å². The van der Waals surface area contributed by atoms with Crippen LogP contribution in [0.1, 0.15) is 5.56 Å². The van der Waals surface area contributed by atoms with Crippen molar-refractivity contribution in [3.63, 3.8) is 0 Å². The summed E-state index contributed by atoms with van der Waals surface area (Å²) < 4.78 is 0. The van der Waals surface area contributed by atoms with E-state index in [1.165, 1.54) is 11.3 Å². The van der Waals surface area contributed by atoms with E-state index in [1.807, 2.05) is 18.2 Å². The van der Waals surface area contributed by atoms with Gasteiger partial charge < -0.3 is 20.4 Å². The molecule has 0 atom stereocenters. The monoisotopic (exact) mass is 374 g/mol. The zero-order valence-electron chi connectivity index (χ0n) is 16.4. The number of piperazine rings is 1. The second kappa shape index (κ2) is 8.27. The Labute approximate surface area is 166 Å². The van der Waals surface area contributed by atoms with Crippen molar-refractivity contribution in [2.75, 3.05) is 48.8 Å². The van der Waals surface area contributed by atoms with Crippen LogP contribution >= 0.6 is 0 Å². The molecule has 1 saturated heterocycles. The van der Waals surface area contributed by atoms with Gasteiger partial charge in [0.25, 0.3) is 0 Å². The van der Waals surface area contributed by atoms with Crippen LogP contribution in [0.2, 0.25) is 0 Å². The van der Waals surface area contributed by atoms with E-state index < -0.39 is 0 Å². The summed E-state index contributed by atoms with van der Waals surface area (Å²) in [5.74, 6) is 1.33. The lowest BCUT2D eigenvalue weighted by Crippen LogP contribution is -2.44. The number of hydrogen-bond donors (Lipinski definition) is 2. The van der Waals surface area contributed by atoms with Crippen LogP contribution in [0.15, 0.2) is 60.8 Å². The number of hydrogen-bond acceptors (Lipinski definition) is 6. The molecule has 28 heavy (non-hydrogen) atoms. The first-order chi connectivity index (χ1) is 13.7. The van der Waals surface area contributed by atoms with Gasteiger partial charge in [0.1, 0.15) is 5.82 Å². The van der Waals surface area contributed by atoms with E-state index >= 15 is 0 Å². The van der Waals surface area contributed by atoms with Crippen molar-refractivity contribution in [3.8, 4) is 0 Å². The Bertz CT molecular complexity index is 899. The van der Waals surface area contributed by atoms with Crippen molar-refractivity contribution in [2.45, 2.75) is 6.92 Å². The highest BCUT2D eigenvalue weighted by atomic mass is 15.2. The van der Waals surface area contributed by atoms with Crippen molar-refractivity contribution in [3.05, 3.63) is 66.4 Å². The van der Waals surface area contributed by atoms with Crippen LogP contribution in [0.5, 0.6) is 0 Å². The number of likely N-dealkylation sites (N-methyl/N-ethyl adjacent to an activating group) is 1. The smallest absolute Gasteiger partial charge is 0.229 e. The minimum Gasteiger partial charge on any atom is -0.369 e. The van der Waals surface area contributed by atoms with Crippen LogP contribution in [0.25, 0.3) is 0 Å². The number of rotatable bonds is 5. The number of anilines is 5. The Morgan fingerprint density at radius 1 is 0.786 bits per heavy atom. The van der Waals surface area contributed by atoms with Gasteiger partial charge >= 0.3 is 0 Å². The van der Waals surface area contributed by atoms with Crippen molar-refractivity contribution >= 4 is 28.8 Å². The maximum absolute atomic E-state index is 4.56. The molecular formula is C22H26N6. The Morgan fingerprint density at radius 3 is 2.14 bits per heavy atom. The van der Waals surface area contributed by atoms with Crippen LogP contribution in [0.4, 0.5) is 28.8 Å². The van der Waals surface area contributed by atoms with E-state index in [1.54, 1.807) is 6.20 Å². The predicted octanol–water partition coefficient (Wildman–Crippen LogP) is 4.02. The molecule has 3 aromatic rings. The lowest BCUT2D eigenvalue weighted by Gasteiger charge is -2.34. The Balaban J connectivity index is 1.40. The molecule has 0 bridgehead atoms. The van der Waals surface area contributed by atoms with E-state index in [0.29, 0.717) is 5.95 Å². The van der Waals surface area contributed by atoms with Crippen LogP contribution < -0.4 is 15.5 Å². The molecule has 1 fully saturated rings. The SMILES string of the molecule is Cc1ccc(Nc2nccc(Nc3ccc(N4CCN(C)CC4)cc3)n2)cc1. The zero-order valence-corrected chi connectivity index (χ0v) is 16.4. The summed E-state index contributed by atoms with van der Waals surface area (Å²) in [4.78, 5) is 13.7. The maximum atomic E-state index is 4.56. The third-order valence-corrected chi connectivity index (χ3v) is 4.97. The lowest BCUT2D eigenvalue weighted by molar-refractivity contribution is 0.313. The molecule has 4 rings (SSSR count). The summed E-state index contributed by atoms with van der Waals surface area (Å²) in [6.45, 7) is 6.43. The maximum Gasteiger partial charge on any atom is 0.229 e. The zero-order chi connectivity index (χ0) is 19.3. The van der Waals surface area contributed by atoms with Gasteiger partial charge in [-0.1, -0.05) is 17.7 Å². The minimum atomic E-state index is 0.572. The first-order valence-electron chi connectivity index (χ1n) is 9.63. The van der Waals surface area contributed by atoms with E-state index in [9.17, 15) is 0 Å². The van der Waals surface area contributed by atoms with Crippen LogP contribution in [-0.4, -0.2) is 48.1 Å². The van der Waals surface area contributed by atoms with Crippen LogP contribution in [-0.2, 0) is 0 Å². The molecule has 0 radical (unpaired) electrons. The molecule has 144 valence electrons. The Morgan fingerprint density at radius 2 is 1.43 bits per heavy atom. The predicted molar refractivity (Wildman–Crippen MR) is 116 cm³/mol. The molecule has 0 aliphatic carbocycles. The van der Waals surface area contributed by atoms with E-state index in [-0.39, 0.29) is 0 Å². The first kappa shape index (κ1) is 18.3. The molecule has 6 heteroatoms. The van der Waals surface area contributed by atoms with Gasteiger partial charge in [-0.2, -0.15) is 4.98 Å². The van der Waals surface area contributed by atoms with Crippen LogP contribution in [0, 0.1) is 6.92 Å². The van der Waals surface area contributed by atoms with Crippen molar-refractivity contribution in [1.29, 1.82) is 0 Å². The summed E-state index contributed by atoms with van der Waals surface area (Å²) in [7, 11) is 2.17. The minimum absolute atomic E-state index is 0.572. The average molecular weight is 374 g/mol. The van der Waals surface area contributed by atoms with Gasteiger partial charge in [0.15, 0.2) is 0 Å². The third kappa shape index (κ3) is 4.58.